The molecule has 0 bridgehead atoms. The first-order valence-electron chi connectivity index (χ1n) is 13.6. The summed E-state index contributed by atoms with van der Waals surface area (Å²) in [6.45, 7) is 0. The maximum atomic E-state index is 6.06. The molecule has 2 aromatic heterocycles. The minimum Gasteiger partial charge on any atom is -0.464 e. The molecule has 0 amide bonds. The van der Waals surface area contributed by atoms with Gasteiger partial charge in [-0.25, -0.2) is 0 Å². The largest absolute Gasteiger partial charge is 0.464 e. The van der Waals surface area contributed by atoms with E-state index in [1.54, 1.807) is 0 Å². The Balaban J connectivity index is 1.54. The Morgan fingerprint density at radius 1 is 0.425 bits per heavy atom. The summed E-state index contributed by atoms with van der Waals surface area (Å²) in [6.07, 6.45) is 1.83. The molecule has 2 heterocycles. The molecule has 0 fully saturated rings. The predicted molar refractivity (Wildman–Crippen MR) is 172 cm³/mol. The summed E-state index contributed by atoms with van der Waals surface area (Å²) in [6, 6.07) is 46.4. The zero-order valence-corrected chi connectivity index (χ0v) is 22.3. The van der Waals surface area contributed by atoms with E-state index < -0.39 is 0 Å². The van der Waals surface area contributed by atoms with Crippen molar-refractivity contribution < 1.29 is 4.42 Å². The van der Waals surface area contributed by atoms with Crippen LogP contribution in [0.25, 0.3) is 85.7 Å². The Morgan fingerprint density at radius 3 is 1.77 bits per heavy atom. The smallest absolute Gasteiger partial charge is 0.135 e. The lowest BCUT2D eigenvalue weighted by atomic mass is 9.83. The van der Waals surface area contributed by atoms with E-state index >= 15 is 0 Å². The van der Waals surface area contributed by atoms with Gasteiger partial charge in [0.1, 0.15) is 5.58 Å². The van der Waals surface area contributed by atoms with Crippen molar-refractivity contribution in [2.45, 2.75) is 0 Å². The lowest BCUT2D eigenvalue weighted by Gasteiger charge is -2.19. The minimum atomic E-state index is 0.931. The molecule has 9 aromatic rings. The van der Waals surface area contributed by atoms with Crippen LogP contribution in [0.2, 0.25) is 0 Å². The first-order chi connectivity index (χ1) is 19.9. The molecular weight excluding hydrogens is 504 g/mol. The third-order valence-corrected chi connectivity index (χ3v) is 9.46. The average Bonchev–Trinajstić information content (AvgIpc) is 3.63. The number of hydrogen-bond donors (Lipinski definition) is 0. The summed E-state index contributed by atoms with van der Waals surface area (Å²) in [5, 5.41) is 11.3. The SMILES string of the molecule is c1ccc2c(-c3c4ccccc4c(-c4c5ccoc5cc5sc6ccccc6c45)c4ccccc34)cccc2c1. The van der Waals surface area contributed by atoms with Crippen molar-refractivity contribution in [1.29, 1.82) is 0 Å². The highest BCUT2D eigenvalue weighted by atomic mass is 32.1. The summed E-state index contributed by atoms with van der Waals surface area (Å²) in [4.78, 5) is 0. The molecule has 0 N–H and O–H groups in total. The molecular formula is C38H22OS. The van der Waals surface area contributed by atoms with Crippen molar-refractivity contribution in [3.05, 3.63) is 134 Å². The molecule has 0 aliphatic rings. The van der Waals surface area contributed by atoms with E-state index in [0.29, 0.717) is 0 Å². The summed E-state index contributed by atoms with van der Waals surface area (Å²) in [7, 11) is 0. The van der Waals surface area contributed by atoms with Crippen molar-refractivity contribution in [1.82, 2.24) is 0 Å². The number of furan rings is 1. The molecule has 1 nitrogen and oxygen atoms in total. The monoisotopic (exact) mass is 526 g/mol. The normalized spacial score (nSPS) is 12.0. The van der Waals surface area contributed by atoms with E-state index in [-0.39, 0.29) is 0 Å². The van der Waals surface area contributed by atoms with Gasteiger partial charge < -0.3 is 4.42 Å². The Kier molecular flexibility index (Phi) is 4.55. The van der Waals surface area contributed by atoms with Crippen LogP contribution in [0.5, 0.6) is 0 Å². The van der Waals surface area contributed by atoms with Gasteiger partial charge in [-0.1, -0.05) is 109 Å². The molecule has 0 saturated carbocycles. The average molecular weight is 527 g/mol. The van der Waals surface area contributed by atoms with E-state index in [9.17, 15) is 0 Å². The van der Waals surface area contributed by atoms with Gasteiger partial charge in [-0.05, 0) is 67.2 Å². The van der Waals surface area contributed by atoms with Crippen LogP contribution < -0.4 is 0 Å². The topological polar surface area (TPSA) is 13.1 Å². The maximum absolute atomic E-state index is 6.06. The Labute approximate surface area is 234 Å². The van der Waals surface area contributed by atoms with Gasteiger partial charge in [0.05, 0.1) is 6.26 Å². The van der Waals surface area contributed by atoms with Crippen LogP contribution in [-0.2, 0) is 0 Å². The number of fused-ring (bicyclic) bond motifs is 7. The lowest BCUT2D eigenvalue weighted by Crippen LogP contribution is -1.92. The van der Waals surface area contributed by atoms with Gasteiger partial charge in [-0.15, -0.1) is 11.3 Å². The van der Waals surface area contributed by atoms with Crippen molar-refractivity contribution in [2.75, 3.05) is 0 Å². The van der Waals surface area contributed by atoms with Crippen LogP contribution in [0.1, 0.15) is 0 Å². The van der Waals surface area contributed by atoms with Crippen LogP contribution in [0.15, 0.2) is 138 Å². The number of benzene rings is 7. The summed E-state index contributed by atoms with van der Waals surface area (Å²) in [5.74, 6) is 0. The number of thiophene rings is 1. The lowest BCUT2D eigenvalue weighted by molar-refractivity contribution is 0.616. The first-order valence-corrected chi connectivity index (χ1v) is 14.4. The first kappa shape index (κ1) is 22.0. The molecule has 2 heteroatoms. The van der Waals surface area contributed by atoms with Gasteiger partial charge >= 0.3 is 0 Å². The van der Waals surface area contributed by atoms with Crippen molar-refractivity contribution in [2.24, 2.45) is 0 Å². The third-order valence-electron chi connectivity index (χ3n) is 8.34. The second kappa shape index (κ2) is 8.29. The highest BCUT2D eigenvalue weighted by Gasteiger charge is 2.23. The fourth-order valence-electron chi connectivity index (χ4n) is 6.71. The van der Waals surface area contributed by atoms with E-state index in [0.717, 1.165) is 11.0 Å². The molecule has 7 aromatic carbocycles. The molecule has 0 aliphatic heterocycles. The molecule has 0 spiro atoms. The van der Waals surface area contributed by atoms with E-state index in [1.807, 2.05) is 17.6 Å². The summed E-state index contributed by atoms with van der Waals surface area (Å²) < 4.78 is 8.61. The summed E-state index contributed by atoms with van der Waals surface area (Å²) >= 11 is 1.84. The van der Waals surface area contributed by atoms with Crippen molar-refractivity contribution in [3.63, 3.8) is 0 Å². The Hall–Kier alpha value is -4.92. The van der Waals surface area contributed by atoms with Crippen LogP contribution in [0, 0.1) is 0 Å². The van der Waals surface area contributed by atoms with Crippen LogP contribution in [-0.4, -0.2) is 0 Å². The molecule has 0 unspecified atom stereocenters. The van der Waals surface area contributed by atoms with Gasteiger partial charge in [0.15, 0.2) is 0 Å². The Bertz CT molecular complexity index is 2380. The highest BCUT2D eigenvalue weighted by molar-refractivity contribution is 7.26. The van der Waals surface area contributed by atoms with Crippen LogP contribution in [0.3, 0.4) is 0 Å². The minimum absolute atomic E-state index is 0.931. The van der Waals surface area contributed by atoms with Crippen LogP contribution in [0.4, 0.5) is 0 Å². The second-order valence-corrected chi connectivity index (χ2v) is 11.5. The van der Waals surface area contributed by atoms with Crippen molar-refractivity contribution >= 4 is 74.8 Å². The molecule has 40 heavy (non-hydrogen) atoms. The highest BCUT2D eigenvalue weighted by Crippen LogP contribution is 2.51. The number of rotatable bonds is 2. The molecule has 186 valence electrons. The zero-order valence-electron chi connectivity index (χ0n) is 21.5. The maximum Gasteiger partial charge on any atom is 0.135 e. The van der Waals surface area contributed by atoms with E-state index in [4.69, 9.17) is 4.42 Å². The molecule has 9 rings (SSSR count). The van der Waals surface area contributed by atoms with Gasteiger partial charge in [0, 0.05) is 31.1 Å². The fraction of sp³-hybridized carbons (Fsp3) is 0. The standard InChI is InChI=1S/C38H22OS/c1-2-12-24-23(10-1)11-9-18-25(24)35-26-13-3-5-15-28(26)36(29-16-6-4-14-27(29)35)38-30-20-21-39-32(30)22-34-37(38)31-17-7-8-19-33(31)40-34/h1-22H. The molecule has 0 atom stereocenters. The predicted octanol–water partition coefficient (Wildman–Crippen LogP) is 11.6. The molecule has 0 saturated heterocycles. The fourth-order valence-corrected chi connectivity index (χ4v) is 7.85. The summed E-state index contributed by atoms with van der Waals surface area (Å²) in [5.41, 5.74) is 6.02. The zero-order chi connectivity index (χ0) is 26.2. The van der Waals surface area contributed by atoms with Crippen LogP contribution >= 0.6 is 11.3 Å². The van der Waals surface area contributed by atoms with Gasteiger partial charge in [-0.2, -0.15) is 0 Å². The molecule has 0 radical (unpaired) electrons. The molecule has 0 aliphatic carbocycles. The van der Waals surface area contributed by atoms with E-state index in [2.05, 4.69) is 127 Å². The second-order valence-electron chi connectivity index (χ2n) is 10.4. The van der Waals surface area contributed by atoms with Gasteiger partial charge in [0.25, 0.3) is 0 Å². The Morgan fingerprint density at radius 2 is 1.02 bits per heavy atom. The van der Waals surface area contributed by atoms with Gasteiger partial charge in [-0.3, -0.25) is 0 Å². The van der Waals surface area contributed by atoms with E-state index in [1.165, 1.54) is 74.7 Å². The van der Waals surface area contributed by atoms with Gasteiger partial charge in [0.2, 0.25) is 0 Å². The van der Waals surface area contributed by atoms with Crippen molar-refractivity contribution in [3.8, 4) is 22.3 Å². The quantitative estimate of drug-likeness (QED) is 0.204. The number of hydrogen-bond acceptors (Lipinski definition) is 2. The third kappa shape index (κ3) is 2.97.